The fourth-order valence-corrected chi connectivity index (χ4v) is 4.09. The van der Waals surface area contributed by atoms with E-state index in [-0.39, 0.29) is 17.5 Å². The first-order valence-corrected chi connectivity index (χ1v) is 8.41. The third-order valence-electron chi connectivity index (χ3n) is 2.71. The molecule has 2 N–H and O–H groups in total. The van der Waals surface area contributed by atoms with Crippen LogP contribution < -0.4 is 10.4 Å². The number of hydrogen-bond acceptors (Lipinski definition) is 5. The van der Waals surface area contributed by atoms with Gasteiger partial charge in [-0.3, -0.25) is 0 Å². The van der Waals surface area contributed by atoms with Gasteiger partial charge in [-0.2, -0.15) is 11.8 Å². The number of thioether (sulfide) groups is 1. The van der Waals surface area contributed by atoms with Crippen LogP contribution in [0.25, 0.3) is 0 Å². The first-order chi connectivity index (χ1) is 7.44. The predicted molar refractivity (Wildman–Crippen MR) is 60.8 cm³/mol. The van der Waals surface area contributed by atoms with Crippen molar-refractivity contribution >= 4 is 27.6 Å². The topological polar surface area (TPSA) is 90.9 Å². The lowest BCUT2D eigenvalue weighted by Crippen LogP contribution is -2.98. The van der Waals surface area contributed by atoms with Crippen LogP contribution in [0, 0.1) is 0 Å². The minimum Gasteiger partial charge on any atom is -0.544 e. The number of nitrogens with two attached hydrogens (primary N) is 1. The van der Waals surface area contributed by atoms with Crippen molar-refractivity contribution in [3.8, 4) is 0 Å². The van der Waals surface area contributed by atoms with E-state index in [9.17, 15) is 18.3 Å². The van der Waals surface area contributed by atoms with Gasteiger partial charge in [0, 0.05) is 12.8 Å². The second kappa shape index (κ2) is 5.88. The van der Waals surface area contributed by atoms with Crippen LogP contribution in [-0.2, 0) is 14.6 Å². The Hall–Kier alpha value is -0.270. The van der Waals surface area contributed by atoms with Crippen LogP contribution >= 0.6 is 11.8 Å². The zero-order valence-electron chi connectivity index (χ0n) is 9.22. The molecule has 0 aliphatic carbocycles. The minimum atomic E-state index is -2.94. The highest BCUT2D eigenvalue weighted by Crippen LogP contribution is 2.08. The van der Waals surface area contributed by atoms with E-state index in [2.05, 4.69) is 0 Å². The summed E-state index contributed by atoms with van der Waals surface area (Å²) in [4.78, 5) is 10.9. The summed E-state index contributed by atoms with van der Waals surface area (Å²) in [5.41, 5.74) is 0. The van der Waals surface area contributed by atoms with Gasteiger partial charge in [0.25, 0.3) is 0 Å². The highest BCUT2D eigenvalue weighted by molar-refractivity contribution is 7.98. The molecule has 0 saturated carbocycles. The fourth-order valence-electron chi connectivity index (χ4n) is 1.84. The van der Waals surface area contributed by atoms with E-state index in [1.807, 2.05) is 6.26 Å². The van der Waals surface area contributed by atoms with E-state index in [0.717, 1.165) is 5.75 Å². The van der Waals surface area contributed by atoms with Crippen LogP contribution in [0.3, 0.4) is 0 Å². The van der Waals surface area contributed by atoms with Gasteiger partial charge in [-0.25, -0.2) is 8.42 Å². The highest BCUT2D eigenvalue weighted by Gasteiger charge is 2.32. The lowest BCUT2D eigenvalue weighted by Gasteiger charge is -2.19. The predicted octanol–water partition coefficient (Wildman–Crippen LogP) is -2.39. The monoisotopic (exact) mass is 267 g/mol. The zero-order valence-corrected chi connectivity index (χ0v) is 10.9. The van der Waals surface area contributed by atoms with Crippen LogP contribution in [0.4, 0.5) is 0 Å². The fraction of sp³-hybridized carbons (Fsp3) is 0.889. The normalized spacial score (nSPS) is 25.4. The molecule has 0 aromatic carbocycles. The van der Waals surface area contributed by atoms with Gasteiger partial charge in [0.1, 0.15) is 17.8 Å². The summed E-state index contributed by atoms with van der Waals surface area (Å²) in [5, 5.41) is 12.5. The zero-order chi connectivity index (χ0) is 12.2. The second-order valence-electron chi connectivity index (χ2n) is 4.06. The first-order valence-electron chi connectivity index (χ1n) is 5.20. The van der Waals surface area contributed by atoms with Crippen molar-refractivity contribution in [1.29, 1.82) is 0 Å². The van der Waals surface area contributed by atoms with Crippen LogP contribution in [0.2, 0.25) is 0 Å². The summed E-state index contributed by atoms with van der Waals surface area (Å²) in [6, 6.07) is -0.736. The smallest absolute Gasteiger partial charge is 0.156 e. The van der Waals surface area contributed by atoms with E-state index < -0.39 is 21.8 Å². The second-order valence-corrected chi connectivity index (χ2v) is 7.28. The average molecular weight is 267 g/mol. The van der Waals surface area contributed by atoms with Gasteiger partial charge in [0.05, 0.1) is 11.7 Å². The Morgan fingerprint density at radius 3 is 2.75 bits per heavy atom. The lowest BCUT2D eigenvalue weighted by molar-refractivity contribution is -0.710. The van der Waals surface area contributed by atoms with E-state index in [0.29, 0.717) is 12.8 Å². The Morgan fingerprint density at radius 1 is 1.62 bits per heavy atom. The lowest BCUT2D eigenvalue weighted by atomic mass is 10.2. The van der Waals surface area contributed by atoms with Gasteiger partial charge in [-0.05, 0) is 12.0 Å². The number of rotatable bonds is 6. The van der Waals surface area contributed by atoms with E-state index >= 15 is 0 Å². The number of carboxylic acid groups (broad SMARTS) is 1. The van der Waals surface area contributed by atoms with Crippen molar-refractivity contribution in [3.63, 3.8) is 0 Å². The number of carbonyl (C=O) groups excluding carboxylic acids is 1. The van der Waals surface area contributed by atoms with E-state index in [1.54, 1.807) is 17.1 Å². The molecule has 1 saturated heterocycles. The molecule has 0 bridgehead atoms. The largest absolute Gasteiger partial charge is 0.544 e. The van der Waals surface area contributed by atoms with Gasteiger partial charge in [-0.15, -0.1) is 0 Å². The van der Waals surface area contributed by atoms with Gasteiger partial charge >= 0.3 is 0 Å². The van der Waals surface area contributed by atoms with Crippen LogP contribution in [0.5, 0.6) is 0 Å². The Morgan fingerprint density at radius 2 is 2.31 bits per heavy atom. The SMILES string of the molecule is CSCC[C@@H]([NH2+][C@@H]1CCS(=O)(=O)C1)C(=O)[O-]. The van der Waals surface area contributed by atoms with Crippen molar-refractivity contribution < 1.29 is 23.6 Å². The van der Waals surface area contributed by atoms with Gasteiger partial charge in [-0.1, -0.05) is 0 Å². The third kappa shape index (κ3) is 4.31. The summed E-state index contributed by atoms with van der Waals surface area (Å²) in [6.45, 7) is 0. The molecule has 0 aromatic rings. The van der Waals surface area contributed by atoms with Crippen LogP contribution in [-0.4, -0.2) is 50.0 Å². The Labute approximate surface area is 99.9 Å². The molecule has 1 heterocycles. The molecule has 1 aliphatic rings. The average Bonchev–Trinajstić information content (AvgIpc) is 2.52. The Bertz CT molecular complexity index is 341. The number of carboxylic acids is 1. The van der Waals surface area contributed by atoms with Gasteiger partial charge in [0.15, 0.2) is 9.84 Å². The maximum atomic E-state index is 11.2. The van der Waals surface area contributed by atoms with Crippen LogP contribution in [0.1, 0.15) is 12.8 Å². The molecule has 2 atom stereocenters. The molecule has 0 unspecified atom stereocenters. The number of carbonyl (C=O) groups is 1. The number of sulfone groups is 1. The number of hydrogen-bond donors (Lipinski definition) is 1. The molecule has 0 amide bonds. The van der Waals surface area contributed by atoms with Crippen molar-refractivity contribution in [2.24, 2.45) is 0 Å². The molecule has 1 fully saturated rings. The minimum absolute atomic E-state index is 0.0933. The van der Waals surface area contributed by atoms with Crippen molar-refractivity contribution in [1.82, 2.24) is 0 Å². The van der Waals surface area contributed by atoms with Crippen molar-refractivity contribution in [2.75, 3.05) is 23.5 Å². The summed E-state index contributed by atoms with van der Waals surface area (Å²) < 4.78 is 22.4. The molecule has 94 valence electrons. The van der Waals surface area contributed by atoms with Crippen molar-refractivity contribution in [3.05, 3.63) is 0 Å². The molecule has 16 heavy (non-hydrogen) atoms. The van der Waals surface area contributed by atoms with Gasteiger partial charge in [0.2, 0.25) is 0 Å². The molecule has 0 spiro atoms. The molecule has 1 aliphatic heterocycles. The van der Waals surface area contributed by atoms with Gasteiger partial charge < -0.3 is 15.2 Å². The molecule has 0 radical (unpaired) electrons. The summed E-state index contributed by atoms with van der Waals surface area (Å²) >= 11 is 1.58. The molecule has 5 nitrogen and oxygen atoms in total. The molecule has 7 heteroatoms. The number of quaternary nitrogens is 1. The van der Waals surface area contributed by atoms with Crippen molar-refractivity contribution in [2.45, 2.75) is 24.9 Å². The molecular weight excluding hydrogens is 250 g/mol. The number of aliphatic carboxylic acids is 1. The molecular formula is C9H17NO4S2. The summed E-state index contributed by atoms with van der Waals surface area (Å²) in [7, 11) is -2.94. The van der Waals surface area contributed by atoms with E-state index in [1.165, 1.54) is 0 Å². The standard InChI is InChI=1S/C9H17NO4S2/c1-15-4-2-8(9(11)12)10-7-3-5-16(13,14)6-7/h7-8,10H,2-6H2,1H3,(H,11,12)/t7-,8-/m1/s1. The first kappa shape index (κ1) is 13.8. The highest BCUT2D eigenvalue weighted by atomic mass is 32.2. The quantitative estimate of drug-likeness (QED) is 0.580. The third-order valence-corrected chi connectivity index (χ3v) is 5.15. The Balaban J connectivity index is 2.46. The Kier molecular flexibility index (Phi) is 5.07. The summed E-state index contributed by atoms with van der Waals surface area (Å²) in [6.07, 6.45) is 2.97. The summed E-state index contributed by atoms with van der Waals surface area (Å²) in [5.74, 6) is -0.0837. The maximum absolute atomic E-state index is 11.2. The molecule has 1 rings (SSSR count). The molecule has 0 aromatic heterocycles. The maximum Gasteiger partial charge on any atom is 0.156 e. The van der Waals surface area contributed by atoms with Crippen LogP contribution in [0.15, 0.2) is 0 Å². The van der Waals surface area contributed by atoms with E-state index in [4.69, 9.17) is 0 Å².